The minimum Gasteiger partial charge on any atom is -0.388 e. The quantitative estimate of drug-likeness (QED) is 0.704. The van der Waals surface area contributed by atoms with Crippen molar-refractivity contribution in [3.63, 3.8) is 0 Å². The fraction of sp³-hybridized carbons (Fsp3) is 0.640. The molecule has 1 aromatic heterocycles. The van der Waals surface area contributed by atoms with Crippen LogP contribution in [-0.4, -0.2) is 40.7 Å². The van der Waals surface area contributed by atoms with Gasteiger partial charge in [-0.3, -0.25) is 4.90 Å². The number of nitrogens with zero attached hydrogens (tertiary/aromatic N) is 2. The van der Waals surface area contributed by atoms with E-state index in [0.29, 0.717) is 29.6 Å². The van der Waals surface area contributed by atoms with E-state index in [-0.39, 0.29) is 16.9 Å². The average molecular weight is 394 g/mol. The smallest absolute Gasteiger partial charge is 0.130 e. The van der Waals surface area contributed by atoms with Crippen molar-refractivity contribution in [1.29, 1.82) is 0 Å². The van der Waals surface area contributed by atoms with Crippen LogP contribution in [0.4, 0.5) is 5.82 Å². The molecule has 3 fully saturated rings. The summed E-state index contributed by atoms with van der Waals surface area (Å²) in [6, 6.07) is 4.59. The summed E-state index contributed by atoms with van der Waals surface area (Å²) >= 11 is 0. The predicted molar refractivity (Wildman–Crippen MR) is 118 cm³/mol. The first kappa shape index (κ1) is 19.3. The number of nitrogens with two attached hydrogens (primary N) is 1. The summed E-state index contributed by atoms with van der Waals surface area (Å²) in [6.45, 7) is 5.92. The van der Waals surface area contributed by atoms with E-state index in [2.05, 4.69) is 49.0 Å². The molecule has 7 atom stereocenters. The van der Waals surface area contributed by atoms with Crippen LogP contribution in [0.2, 0.25) is 0 Å². The number of pyridine rings is 1. The minimum absolute atomic E-state index is 0.0164. The third kappa shape index (κ3) is 2.75. The van der Waals surface area contributed by atoms with Gasteiger partial charge in [0.2, 0.25) is 0 Å². The van der Waals surface area contributed by atoms with Crippen molar-refractivity contribution in [2.75, 3.05) is 19.3 Å². The number of hydrogen-bond acceptors (Lipinski definition) is 4. The normalized spacial score (nSPS) is 45.7. The van der Waals surface area contributed by atoms with Crippen molar-refractivity contribution in [1.82, 2.24) is 9.88 Å². The first-order valence-corrected chi connectivity index (χ1v) is 11.3. The molecule has 0 bridgehead atoms. The van der Waals surface area contributed by atoms with Crippen molar-refractivity contribution in [2.45, 2.75) is 58.1 Å². The van der Waals surface area contributed by atoms with Gasteiger partial charge in [-0.25, -0.2) is 4.98 Å². The van der Waals surface area contributed by atoms with Crippen LogP contribution in [0.1, 0.15) is 51.5 Å². The molecule has 0 radical (unpaired) electrons. The van der Waals surface area contributed by atoms with Gasteiger partial charge >= 0.3 is 0 Å². The molecule has 0 saturated heterocycles. The number of likely N-dealkylation sites (N-methyl/N-ethyl adjacent to an activating group) is 1. The zero-order valence-electron chi connectivity index (χ0n) is 18.0. The van der Waals surface area contributed by atoms with Crippen molar-refractivity contribution < 1.29 is 5.11 Å². The summed E-state index contributed by atoms with van der Waals surface area (Å²) in [4.78, 5) is 6.78. The molecule has 5 rings (SSSR count). The molecule has 3 aliphatic carbocycles. The SMILES string of the molecule is CN1CC=C[C@]2(C)[C@H]3CC[C@]4(C)[C@@H](O)C(=Cc5cccnc5N)C[C@H]4[C@@H]3CC[C@@H]12. The standard InChI is InChI=1S/C25H35N3O/c1-24-10-5-13-28(3)21(24)8-7-18-19(24)9-11-25(2)20(18)15-17(22(25)29)14-16-6-4-12-27-23(16)26/h4-6,10,12,14,18-22,29H,7-9,11,13,15H2,1-3H3,(H2,26,27)/t18-,19+,20+,21-,22+,24-,25+/m1/s1. The molecule has 29 heavy (non-hydrogen) atoms. The monoisotopic (exact) mass is 393 g/mol. The third-order valence-corrected chi connectivity index (χ3v) is 9.21. The summed E-state index contributed by atoms with van der Waals surface area (Å²) in [5.41, 5.74) is 8.43. The van der Waals surface area contributed by atoms with Gasteiger partial charge < -0.3 is 10.8 Å². The molecule has 4 heteroatoms. The van der Waals surface area contributed by atoms with Crippen LogP contribution in [0.25, 0.3) is 6.08 Å². The Hall–Kier alpha value is -1.65. The summed E-state index contributed by atoms with van der Waals surface area (Å²) in [5.74, 6) is 2.51. The lowest BCUT2D eigenvalue weighted by Crippen LogP contribution is -2.58. The van der Waals surface area contributed by atoms with Crippen molar-refractivity contribution >= 4 is 11.9 Å². The van der Waals surface area contributed by atoms with Gasteiger partial charge in [-0.1, -0.05) is 26.0 Å². The number of hydrogen-bond donors (Lipinski definition) is 2. The van der Waals surface area contributed by atoms with Gasteiger partial charge in [-0.2, -0.15) is 0 Å². The van der Waals surface area contributed by atoms with Crippen molar-refractivity contribution in [3.05, 3.63) is 41.6 Å². The van der Waals surface area contributed by atoms with E-state index in [1.165, 1.54) is 19.3 Å². The Bertz CT molecular complexity index is 863. The molecule has 1 aromatic rings. The zero-order valence-corrected chi connectivity index (χ0v) is 18.0. The molecule has 0 amide bonds. The Balaban J connectivity index is 1.48. The maximum Gasteiger partial charge on any atom is 0.130 e. The highest BCUT2D eigenvalue weighted by molar-refractivity contribution is 5.64. The Morgan fingerprint density at radius 2 is 2.07 bits per heavy atom. The van der Waals surface area contributed by atoms with Crippen LogP contribution in [0.15, 0.2) is 36.1 Å². The highest BCUT2D eigenvalue weighted by Gasteiger charge is 2.60. The molecule has 156 valence electrons. The van der Waals surface area contributed by atoms with Gasteiger partial charge in [0.05, 0.1) is 6.10 Å². The lowest BCUT2D eigenvalue weighted by atomic mass is 9.48. The number of nitrogen functional groups attached to an aromatic ring is 1. The lowest BCUT2D eigenvalue weighted by molar-refractivity contribution is -0.0985. The predicted octanol–water partition coefficient (Wildman–Crippen LogP) is 4.13. The summed E-state index contributed by atoms with van der Waals surface area (Å²) < 4.78 is 0. The number of rotatable bonds is 1. The molecular weight excluding hydrogens is 358 g/mol. The second-order valence-electron chi connectivity index (χ2n) is 10.5. The van der Waals surface area contributed by atoms with E-state index in [4.69, 9.17) is 5.73 Å². The fourth-order valence-electron chi connectivity index (χ4n) is 7.65. The average Bonchev–Trinajstić information content (AvgIpc) is 2.94. The summed E-state index contributed by atoms with van der Waals surface area (Å²) in [5, 5.41) is 11.4. The van der Waals surface area contributed by atoms with Gasteiger partial charge in [-0.15, -0.1) is 0 Å². The number of aromatic nitrogens is 1. The minimum atomic E-state index is -0.372. The van der Waals surface area contributed by atoms with E-state index in [1.54, 1.807) is 6.20 Å². The Morgan fingerprint density at radius 3 is 2.86 bits per heavy atom. The van der Waals surface area contributed by atoms with Crippen molar-refractivity contribution in [3.8, 4) is 0 Å². The summed E-state index contributed by atoms with van der Waals surface area (Å²) in [6.07, 6.45) is 14.3. The van der Waals surface area contributed by atoms with E-state index < -0.39 is 0 Å². The number of aliphatic hydroxyl groups excluding tert-OH is 1. The van der Waals surface area contributed by atoms with Crippen LogP contribution in [0, 0.1) is 28.6 Å². The first-order valence-electron chi connectivity index (χ1n) is 11.3. The Labute approximate surface area is 174 Å². The molecule has 3 N–H and O–H groups in total. The van der Waals surface area contributed by atoms with E-state index in [9.17, 15) is 5.11 Å². The third-order valence-electron chi connectivity index (χ3n) is 9.21. The Morgan fingerprint density at radius 1 is 1.24 bits per heavy atom. The highest BCUT2D eigenvalue weighted by atomic mass is 16.3. The number of fused-ring (bicyclic) bond motifs is 5. The molecule has 1 aliphatic heterocycles. The fourth-order valence-corrected chi connectivity index (χ4v) is 7.65. The maximum atomic E-state index is 11.4. The van der Waals surface area contributed by atoms with Crippen LogP contribution in [-0.2, 0) is 0 Å². The van der Waals surface area contributed by atoms with Gasteiger partial charge in [0, 0.05) is 35.2 Å². The lowest BCUT2D eigenvalue weighted by Gasteiger charge is -2.60. The molecule has 0 spiro atoms. The molecule has 0 unspecified atom stereocenters. The van der Waals surface area contributed by atoms with Gasteiger partial charge in [0.25, 0.3) is 0 Å². The number of anilines is 1. The van der Waals surface area contributed by atoms with E-state index in [1.807, 2.05) is 12.1 Å². The van der Waals surface area contributed by atoms with Crippen molar-refractivity contribution in [2.24, 2.45) is 28.6 Å². The second-order valence-corrected chi connectivity index (χ2v) is 10.5. The van der Waals surface area contributed by atoms with Crippen LogP contribution < -0.4 is 5.73 Å². The van der Waals surface area contributed by atoms with Crippen LogP contribution >= 0.6 is 0 Å². The van der Waals surface area contributed by atoms with E-state index >= 15 is 0 Å². The number of aliphatic hydroxyl groups is 1. The topological polar surface area (TPSA) is 62.4 Å². The zero-order chi connectivity index (χ0) is 20.4. The van der Waals surface area contributed by atoms with Gasteiger partial charge in [-0.05, 0) is 80.7 Å². The molecular formula is C25H35N3O. The molecule has 2 heterocycles. The van der Waals surface area contributed by atoms with E-state index in [0.717, 1.165) is 30.5 Å². The first-order chi connectivity index (χ1) is 13.8. The molecule has 3 saturated carbocycles. The van der Waals surface area contributed by atoms with Crippen LogP contribution in [0.3, 0.4) is 0 Å². The van der Waals surface area contributed by atoms with Crippen LogP contribution in [0.5, 0.6) is 0 Å². The Kier molecular flexibility index (Phi) is 4.45. The highest BCUT2D eigenvalue weighted by Crippen LogP contribution is 2.64. The van der Waals surface area contributed by atoms with Gasteiger partial charge in [0.15, 0.2) is 0 Å². The maximum absolute atomic E-state index is 11.4. The van der Waals surface area contributed by atoms with Gasteiger partial charge in [0.1, 0.15) is 5.82 Å². The molecule has 4 aliphatic rings. The largest absolute Gasteiger partial charge is 0.388 e. The second kappa shape index (κ2) is 6.68. The molecule has 0 aromatic carbocycles. The molecule has 4 nitrogen and oxygen atoms in total. The summed E-state index contributed by atoms with van der Waals surface area (Å²) in [7, 11) is 2.29.